The molecule has 0 spiro atoms. The molecule has 166 valence electrons. The van der Waals surface area contributed by atoms with Crippen LogP contribution in [0.2, 0.25) is 10.0 Å². The third kappa shape index (κ3) is 4.65. The van der Waals surface area contributed by atoms with Crippen molar-refractivity contribution in [2.75, 3.05) is 34.4 Å². The molecule has 1 aliphatic rings. The molecule has 0 radical (unpaired) electrons. The molecule has 2 atom stereocenters. The van der Waals surface area contributed by atoms with Crippen molar-refractivity contribution in [1.29, 1.82) is 0 Å². The summed E-state index contributed by atoms with van der Waals surface area (Å²) in [5, 5.41) is 1.88. The predicted molar refractivity (Wildman–Crippen MR) is 125 cm³/mol. The van der Waals surface area contributed by atoms with Crippen LogP contribution in [0.25, 0.3) is 10.9 Å². The number of nitrogens with zero attached hydrogens (tertiary/aromatic N) is 2. The first-order valence-electron chi connectivity index (χ1n) is 10.0. The van der Waals surface area contributed by atoms with Crippen LogP contribution in [0.15, 0.2) is 42.6 Å². The molecule has 0 amide bonds. The average Bonchev–Trinajstić information content (AvgIpc) is 3.13. The summed E-state index contributed by atoms with van der Waals surface area (Å²) in [6.07, 6.45) is 2.84. The highest BCUT2D eigenvalue weighted by atomic mass is 35.5. The highest BCUT2D eigenvalue weighted by molar-refractivity contribution is 7.52. The van der Waals surface area contributed by atoms with Crippen molar-refractivity contribution < 1.29 is 18.3 Å². The molecule has 2 heterocycles. The molecule has 4 rings (SSSR count). The SMILES string of the molecule is COc1ccc2c(c1)c(CCN(C)C)cn2P1(=O)OCCC(c2ccc(Cl)c(Cl)c2)O1. The second kappa shape index (κ2) is 9.14. The Labute approximate surface area is 192 Å². The maximum Gasteiger partial charge on any atom is 0.439 e. The first kappa shape index (κ1) is 22.7. The topological polar surface area (TPSA) is 52.9 Å². The second-order valence-corrected chi connectivity index (χ2v) is 10.4. The molecule has 0 aliphatic carbocycles. The number of likely N-dealkylation sites (N-methyl/N-ethyl adjacent to an activating group) is 1. The fraction of sp³-hybridized carbons (Fsp3) is 0.364. The van der Waals surface area contributed by atoms with E-state index in [0.717, 1.165) is 40.7 Å². The lowest BCUT2D eigenvalue weighted by molar-refractivity contribution is 0.0771. The molecule has 0 N–H and O–H groups in total. The fourth-order valence-corrected chi connectivity index (χ4v) is 5.90. The zero-order valence-electron chi connectivity index (χ0n) is 17.7. The number of hydrogen-bond donors (Lipinski definition) is 0. The van der Waals surface area contributed by atoms with E-state index in [2.05, 4.69) is 4.90 Å². The Balaban J connectivity index is 1.73. The van der Waals surface area contributed by atoms with Crippen molar-refractivity contribution in [3.8, 4) is 5.75 Å². The minimum absolute atomic E-state index is 0.311. The number of benzene rings is 2. The van der Waals surface area contributed by atoms with Crippen LogP contribution in [0, 0.1) is 0 Å². The molecular formula is C22H25Cl2N2O4P. The fourth-order valence-electron chi connectivity index (χ4n) is 3.70. The highest BCUT2D eigenvalue weighted by Gasteiger charge is 2.38. The largest absolute Gasteiger partial charge is 0.497 e. The van der Waals surface area contributed by atoms with Crippen LogP contribution < -0.4 is 4.74 Å². The number of methoxy groups -OCH3 is 1. The quantitative estimate of drug-likeness (QED) is 0.391. The molecule has 31 heavy (non-hydrogen) atoms. The van der Waals surface area contributed by atoms with Crippen LogP contribution in [0.3, 0.4) is 0 Å². The highest BCUT2D eigenvalue weighted by Crippen LogP contribution is 2.59. The van der Waals surface area contributed by atoms with Crippen molar-refractivity contribution >= 4 is 41.9 Å². The molecule has 0 bridgehead atoms. The monoisotopic (exact) mass is 482 g/mol. The molecule has 1 aromatic heterocycles. The number of aromatic nitrogens is 1. The Morgan fingerprint density at radius 1 is 1.19 bits per heavy atom. The normalized spacial score (nSPS) is 21.7. The van der Waals surface area contributed by atoms with Crippen molar-refractivity contribution in [2.24, 2.45) is 0 Å². The van der Waals surface area contributed by atoms with Gasteiger partial charge in [-0.2, -0.15) is 0 Å². The lowest BCUT2D eigenvalue weighted by Crippen LogP contribution is -2.17. The van der Waals surface area contributed by atoms with Gasteiger partial charge in [0.15, 0.2) is 0 Å². The van der Waals surface area contributed by atoms with Crippen molar-refractivity contribution in [3.05, 3.63) is 63.8 Å². The van der Waals surface area contributed by atoms with E-state index < -0.39 is 13.9 Å². The van der Waals surface area contributed by atoms with E-state index in [1.54, 1.807) is 23.6 Å². The van der Waals surface area contributed by atoms with Crippen LogP contribution >= 0.6 is 30.9 Å². The third-order valence-corrected chi connectivity index (χ3v) is 8.00. The van der Waals surface area contributed by atoms with Gasteiger partial charge in [0.2, 0.25) is 0 Å². The van der Waals surface area contributed by atoms with Gasteiger partial charge in [-0.3, -0.25) is 13.4 Å². The first-order chi connectivity index (χ1) is 14.8. The molecule has 2 aromatic carbocycles. The van der Waals surface area contributed by atoms with E-state index in [-0.39, 0.29) is 0 Å². The van der Waals surface area contributed by atoms with Gasteiger partial charge in [-0.05, 0) is 62.0 Å². The third-order valence-electron chi connectivity index (χ3n) is 5.38. The van der Waals surface area contributed by atoms with Gasteiger partial charge in [-0.15, -0.1) is 0 Å². The zero-order valence-corrected chi connectivity index (χ0v) is 20.1. The zero-order chi connectivity index (χ0) is 22.2. The lowest BCUT2D eigenvalue weighted by atomic mass is 10.1. The summed E-state index contributed by atoms with van der Waals surface area (Å²) < 4.78 is 32.8. The molecule has 3 aromatic rings. The number of ether oxygens (including phenoxy) is 1. The molecular weight excluding hydrogens is 458 g/mol. The summed E-state index contributed by atoms with van der Waals surface area (Å²) in [6.45, 7) is 1.17. The summed E-state index contributed by atoms with van der Waals surface area (Å²) in [5.74, 6) is 0.744. The van der Waals surface area contributed by atoms with Crippen LogP contribution in [0.1, 0.15) is 23.7 Å². The van der Waals surface area contributed by atoms with Crippen molar-refractivity contribution in [1.82, 2.24) is 9.24 Å². The van der Waals surface area contributed by atoms with Gasteiger partial charge in [-0.1, -0.05) is 29.3 Å². The maximum atomic E-state index is 13.9. The van der Waals surface area contributed by atoms with E-state index in [1.807, 2.05) is 44.6 Å². The van der Waals surface area contributed by atoms with E-state index in [0.29, 0.717) is 23.1 Å². The van der Waals surface area contributed by atoms with E-state index in [1.165, 1.54) is 0 Å². The number of halogens is 2. The van der Waals surface area contributed by atoms with Crippen LogP contribution in [-0.4, -0.2) is 43.6 Å². The lowest BCUT2D eigenvalue weighted by Gasteiger charge is -2.30. The summed E-state index contributed by atoms with van der Waals surface area (Å²) in [7, 11) is 2.06. The van der Waals surface area contributed by atoms with E-state index >= 15 is 0 Å². The summed E-state index contributed by atoms with van der Waals surface area (Å²) in [4.78, 5) is 2.11. The Morgan fingerprint density at radius 2 is 2.00 bits per heavy atom. The van der Waals surface area contributed by atoms with Gasteiger partial charge in [-0.25, -0.2) is 4.57 Å². The second-order valence-electron chi connectivity index (χ2n) is 7.79. The van der Waals surface area contributed by atoms with Gasteiger partial charge in [0.1, 0.15) is 5.75 Å². The minimum Gasteiger partial charge on any atom is -0.497 e. The van der Waals surface area contributed by atoms with Gasteiger partial charge in [0, 0.05) is 24.5 Å². The number of rotatable bonds is 6. The first-order valence-corrected chi connectivity index (χ1v) is 12.3. The molecule has 0 saturated carbocycles. The molecule has 1 aliphatic heterocycles. The Bertz CT molecular complexity index is 1150. The summed E-state index contributed by atoms with van der Waals surface area (Å²) >= 11 is 12.2. The van der Waals surface area contributed by atoms with Crippen LogP contribution in [0.4, 0.5) is 0 Å². The maximum absolute atomic E-state index is 13.9. The van der Waals surface area contributed by atoms with Crippen LogP contribution in [0.5, 0.6) is 5.75 Å². The Kier molecular flexibility index (Phi) is 6.68. The molecule has 1 fully saturated rings. The number of fused-ring (bicyclic) bond motifs is 1. The van der Waals surface area contributed by atoms with Crippen molar-refractivity contribution in [2.45, 2.75) is 18.9 Å². The Hall–Kier alpha value is -1.53. The van der Waals surface area contributed by atoms with Gasteiger partial charge < -0.3 is 9.64 Å². The van der Waals surface area contributed by atoms with Gasteiger partial charge >= 0.3 is 7.75 Å². The molecule has 6 nitrogen and oxygen atoms in total. The molecule has 2 unspecified atom stereocenters. The van der Waals surface area contributed by atoms with Gasteiger partial charge in [0.25, 0.3) is 0 Å². The smallest absolute Gasteiger partial charge is 0.439 e. The standard InChI is InChI=1S/C22H25Cl2N2O4P/c1-25(2)10-8-16-14-26(21-7-5-17(28-3)13-18(16)21)31(27)29-11-9-22(30-31)15-4-6-19(23)20(24)12-15/h4-7,12-14,22H,8-11H2,1-3H3. The summed E-state index contributed by atoms with van der Waals surface area (Å²) in [6, 6.07) is 11.0. The molecule has 1 saturated heterocycles. The van der Waals surface area contributed by atoms with Crippen LogP contribution in [-0.2, 0) is 20.0 Å². The summed E-state index contributed by atoms with van der Waals surface area (Å²) in [5.41, 5.74) is 2.67. The van der Waals surface area contributed by atoms with Gasteiger partial charge in [0.05, 0.1) is 35.4 Å². The number of hydrogen-bond acceptors (Lipinski definition) is 5. The Morgan fingerprint density at radius 3 is 2.71 bits per heavy atom. The minimum atomic E-state index is -3.62. The van der Waals surface area contributed by atoms with Crippen molar-refractivity contribution in [3.63, 3.8) is 0 Å². The average molecular weight is 483 g/mol. The van der Waals surface area contributed by atoms with E-state index in [4.69, 9.17) is 37.0 Å². The molecule has 9 heteroatoms. The van der Waals surface area contributed by atoms with E-state index in [9.17, 15) is 4.57 Å². The predicted octanol–water partition coefficient (Wildman–Crippen LogP) is 6.20.